The molecular weight excluding hydrogens is 265 g/mol. The number of rotatable bonds is 2. The smallest absolute Gasteiger partial charge is 0.134 e. The van der Waals surface area contributed by atoms with E-state index < -0.39 is 12.3 Å². The van der Waals surface area contributed by atoms with Crippen LogP contribution >= 0.6 is 0 Å². The summed E-state index contributed by atoms with van der Waals surface area (Å²) in [6, 6.07) is 0. The van der Waals surface area contributed by atoms with Crippen LogP contribution in [0.2, 0.25) is 5.82 Å². The van der Waals surface area contributed by atoms with Crippen molar-refractivity contribution in [2.24, 2.45) is 23.7 Å². The third kappa shape index (κ3) is 3.47. The molecule has 3 saturated carbocycles. The summed E-state index contributed by atoms with van der Waals surface area (Å²) in [4.78, 5) is 0. The van der Waals surface area contributed by atoms with Crippen molar-refractivity contribution < 1.29 is 8.78 Å². The van der Waals surface area contributed by atoms with Crippen molar-refractivity contribution in [1.29, 1.82) is 0 Å². The average Bonchev–Trinajstić information content (AvgIpc) is 2.52. The Morgan fingerprint density at radius 2 is 1.05 bits per heavy atom. The second-order valence-electron chi connectivity index (χ2n) is 7.87. The quantitative estimate of drug-likeness (QED) is 0.597. The Balaban J connectivity index is 1.58. The van der Waals surface area contributed by atoms with Gasteiger partial charge in [0.2, 0.25) is 0 Å². The molecule has 0 N–H and O–H groups in total. The highest BCUT2D eigenvalue weighted by Crippen LogP contribution is 2.47. The lowest BCUT2D eigenvalue weighted by molar-refractivity contribution is -0.0322. The normalized spacial score (nSPS) is 46.4. The standard InChI is InChI=1S/C18H29BF2/c19-14-8-6-13(7-9-14)16-11-10-15(17(20)18(16)21)12-4-2-1-3-5-12/h12-18H,1-11H2. The Morgan fingerprint density at radius 3 is 1.57 bits per heavy atom. The third-order valence-electron chi connectivity index (χ3n) is 6.63. The summed E-state index contributed by atoms with van der Waals surface area (Å²) in [6.45, 7) is 0. The third-order valence-corrected chi connectivity index (χ3v) is 6.63. The topological polar surface area (TPSA) is 0 Å². The van der Waals surface area contributed by atoms with Crippen molar-refractivity contribution in [1.82, 2.24) is 0 Å². The van der Waals surface area contributed by atoms with E-state index in [1.54, 1.807) is 0 Å². The second-order valence-corrected chi connectivity index (χ2v) is 7.87. The molecule has 0 amide bonds. The second kappa shape index (κ2) is 7.00. The van der Waals surface area contributed by atoms with Crippen LogP contribution < -0.4 is 0 Å². The maximum absolute atomic E-state index is 14.7. The summed E-state index contributed by atoms with van der Waals surface area (Å²) < 4.78 is 29.4. The highest BCUT2D eigenvalue weighted by molar-refractivity contribution is 6.11. The zero-order chi connectivity index (χ0) is 14.8. The molecule has 0 aromatic carbocycles. The van der Waals surface area contributed by atoms with Gasteiger partial charge in [0.05, 0.1) is 7.85 Å². The monoisotopic (exact) mass is 294 g/mol. The first-order valence-corrected chi connectivity index (χ1v) is 9.20. The number of hydrogen-bond acceptors (Lipinski definition) is 0. The number of alkyl halides is 2. The van der Waals surface area contributed by atoms with E-state index in [1.165, 1.54) is 19.3 Å². The van der Waals surface area contributed by atoms with E-state index in [1.807, 2.05) is 0 Å². The van der Waals surface area contributed by atoms with Crippen molar-refractivity contribution in [2.45, 2.75) is 88.8 Å². The van der Waals surface area contributed by atoms with Crippen molar-refractivity contribution >= 4 is 7.85 Å². The minimum atomic E-state index is -1.22. The van der Waals surface area contributed by atoms with E-state index in [9.17, 15) is 8.78 Å². The zero-order valence-corrected chi connectivity index (χ0v) is 13.2. The first kappa shape index (κ1) is 15.8. The molecule has 0 aromatic rings. The molecule has 118 valence electrons. The fourth-order valence-electron chi connectivity index (χ4n) is 5.30. The van der Waals surface area contributed by atoms with E-state index in [0.717, 1.165) is 51.4 Å². The summed E-state index contributed by atoms with van der Waals surface area (Å²) >= 11 is 0. The minimum Gasteiger partial charge on any atom is -0.244 e. The molecular formula is C18H29BF2. The molecule has 21 heavy (non-hydrogen) atoms. The lowest BCUT2D eigenvalue weighted by Crippen LogP contribution is -2.44. The Bertz CT molecular complexity index is 321. The molecule has 0 spiro atoms. The van der Waals surface area contributed by atoms with Gasteiger partial charge in [-0.05, 0) is 36.5 Å². The minimum absolute atomic E-state index is 0.00222. The van der Waals surface area contributed by atoms with Crippen molar-refractivity contribution in [3.05, 3.63) is 0 Å². The maximum atomic E-state index is 14.7. The van der Waals surface area contributed by atoms with Gasteiger partial charge >= 0.3 is 0 Å². The molecule has 3 heteroatoms. The molecule has 4 atom stereocenters. The molecule has 0 aliphatic heterocycles. The Kier molecular flexibility index (Phi) is 5.27. The molecule has 0 aromatic heterocycles. The summed E-state index contributed by atoms with van der Waals surface area (Å²) in [7, 11) is 5.94. The Labute approximate surface area is 129 Å². The highest BCUT2D eigenvalue weighted by atomic mass is 19.2. The molecule has 0 saturated heterocycles. The van der Waals surface area contributed by atoms with Gasteiger partial charge in [-0.1, -0.05) is 63.6 Å². The Hall–Kier alpha value is -0.0751. The van der Waals surface area contributed by atoms with Gasteiger partial charge in [0, 0.05) is 0 Å². The van der Waals surface area contributed by atoms with Crippen molar-refractivity contribution in [2.75, 3.05) is 0 Å². The van der Waals surface area contributed by atoms with E-state index in [-0.39, 0.29) is 11.8 Å². The number of halogens is 2. The van der Waals surface area contributed by atoms with Gasteiger partial charge in [-0.15, -0.1) is 0 Å². The zero-order valence-electron chi connectivity index (χ0n) is 13.2. The summed E-state index contributed by atoms with van der Waals surface area (Å²) in [6.07, 6.45) is 9.37. The lowest BCUT2D eigenvalue weighted by Gasteiger charge is -2.44. The fourth-order valence-corrected chi connectivity index (χ4v) is 5.30. The largest absolute Gasteiger partial charge is 0.244 e. The summed E-state index contributed by atoms with van der Waals surface area (Å²) in [5.74, 6) is 1.09. The van der Waals surface area contributed by atoms with Gasteiger partial charge in [-0.2, -0.15) is 0 Å². The molecule has 3 rings (SSSR count). The highest BCUT2D eigenvalue weighted by Gasteiger charge is 2.46. The van der Waals surface area contributed by atoms with Gasteiger partial charge in [0.15, 0.2) is 0 Å². The Morgan fingerprint density at radius 1 is 0.571 bits per heavy atom. The van der Waals surface area contributed by atoms with Crippen LogP contribution in [0.5, 0.6) is 0 Å². The van der Waals surface area contributed by atoms with Crippen LogP contribution in [-0.2, 0) is 0 Å². The van der Waals surface area contributed by atoms with Crippen LogP contribution in [0.25, 0.3) is 0 Å². The van der Waals surface area contributed by atoms with Gasteiger partial charge in [0.25, 0.3) is 0 Å². The van der Waals surface area contributed by atoms with Crippen molar-refractivity contribution in [3.8, 4) is 0 Å². The molecule has 3 aliphatic carbocycles. The van der Waals surface area contributed by atoms with Crippen LogP contribution in [0, 0.1) is 23.7 Å². The van der Waals surface area contributed by atoms with Gasteiger partial charge in [0.1, 0.15) is 12.3 Å². The van der Waals surface area contributed by atoms with E-state index in [2.05, 4.69) is 0 Å². The van der Waals surface area contributed by atoms with Gasteiger partial charge in [-0.3, -0.25) is 0 Å². The molecule has 2 radical (unpaired) electrons. The summed E-state index contributed by atoms with van der Waals surface area (Å²) in [5.41, 5.74) is 0. The SMILES string of the molecule is [B]C1CCC(C2CCC(C3CCCCC3)C(F)C2F)CC1. The first-order valence-electron chi connectivity index (χ1n) is 9.20. The summed E-state index contributed by atoms with van der Waals surface area (Å²) in [5, 5.41) is 0. The van der Waals surface area contributed by atoms with Crippen LogP contribution in [-0.4, -0.2) is 20.2 Å². The van der Waals surface area contributed by atoms with E-state index in [4.69, 9.17) is 7.85 Å². The average molecular weight is 294 g/mol. The van der Waals surface area contributed by atoms with Crippen molar-refractivity contribution in [3.63, 3.8) is 0 Å². The molecule has 0 bridgehead atoms. The predicted octanol–water partition coefficient (Wildman–Crippen LogP) is 5.42. The van der Waals surface area contributed by atoms with E-state index >= 15 is 0 Å². The van der Waals surface area contributed by atoms with Crippen LogP contribution in [0.15, 0.2) is 0 Å². The van der Waals surface area contributed by atoms with Gasteiger partial charge < -0.3 is 0 Å². The molecule has 0 nitrogen and oxygen atoms in total. The van der Waals surface area contributed by atoms with Crippen LogP contribution in [0.3, 0.4) is 0 Å². The van der Waals surface area contributed by atoms with Gasteiger partial charge in [-0.25, -0.2) is 8.78 Å². The lowest BCUT2D eigenvalue weighted by atomic mass is 9.62. The molecule has 3 fully saturated rings. The molecule has 3 aliphatic rings. The fraction of sp³-hybridized carbons (Fsp3) is 1.00. The van der Waals surface area contributed by atoms with E-state index in [0.29, 0.717) is 17.7 Å². The molecule has 4 unspecified atom stereocenters. The molecule has 0 heterocycles. The van der Waals surface area contributed by atoms with Crippen LogP contribution in [0.4, 0.5) is 8.78 Å². The number of hydrogen-bond donors (Lipinski definition) is 0. The predicted molar refractivity (Wildman–Crippen MR) is 84.0 cm³/mol. The van der Waals surface area contributed by atoms with Crippen LogP contribution in [0.1, 0.15) is 70.6 Å². The first-order chi connectivity index (χ1) is 10.2. The maximum Gasteiger partial charge on any atom is 0.134 e.